The van der Waals surface area contributed by atoms with Crippen LogP contribution in [0.25, 0.3) is 0 Å². The van der Waals surface area contributed by atoms with Crippen LogP contribution in [0.1, 0.15) is 11.1 Å². The van der Waals surface area contributed by atoms with Crippen molar-refractivity contribution in [2.75, 3.05) is 0 Å². The standard InChI is InChI=1S/C8F7N2Se2/c9-3-1(7-16-18-19-17-7)4(10)6(12)2(5(3)11)8(13,14)15. The number of hydrogen-bond donors (Lipinski definition) is 0. The average molecular weight is 415 g/mol. The second kappa shape index (κ2) is 4.97. The predicted octanol–water partition coefficient (Wildman–Crippen LogP) is 1.78. The zero-order chi connectivity index (χ0) is 14.4. The van der Waals surface area contributed by atoms with E-state index in [0.717, 1.165) is 0 Å². The Labute approximate surface area is 112 Å². The van der Waals surface area contributed by atoms with Gasteiger partial charge in [0.25, 0.3) is 0 Å². The van der Waals surface area contributed by atoms with Gasteiger partial charge in [-0.3, -0.25) is 0 Å². The van der Waals surface area contributed by atoms with E-state index in [1.165, 1.54) is 0 Å². The average Bonchev–Trinajstić information content (AvgIpc) is 2.79. The van der Waals surface area contributed by atoms with E-state index in [2.05, 4.69) is 8.34 Å². The summed E-state index contributed by atoms with van der Waals surface area (Å²) in [4.78, 5) is 0. The molecular formula is C8F7N2Se2. The van der Waals surface area contributed by atoms with Gasteiger partial charge in [0.05, 0.1) is 0 Å². The molecular weight excluding hydrogens is 415 g/mol. The van der Waals surface area contributed by atoms with Crippen molar-refractivity contribution in [3.8, 4) is 0 Å². The van der Waals surface area contributed by atoms with Crippen LogP contribution in [0.4, 0.5) is 30.7 Å². The Balaban J connectivity index is 2.74. The molecule has 0 bridgehead atoms. The van der Waals surface area contributed by atoms with Crippen LogP contribution in [0.15, 0.2) is 4.01 Å². The second-order valence-electron chi connectivity index (χ2n) is 3.16. The van der Waals surface area contributed by atoms with Gasteiger partial charge in [-0.15, -0.1) is 0 Å². The van der Waals surface area contributed by atoms with Crippen molar-refractivity contribution in [1.82, 2.24) is 4.33 Å². The molecule has 0 spiro atoms. The van der Waals surface area contributed by atoms with Gasteiger partial charge in [0.15, 0.2) is 0 Å². The molecule has 103 valence electrons. The minimum absolute atomic E-state index is 0.420. The molecule has 1 aromatic carbocycles. The van der Waals surface area contributed by atoms with E-state index in [1.54, 1.807) is 0 Å². The molecule has 0 unspecified atom stereocenters. The fraction of sp³-hybridized carbons (Fsp3) is 0.125. The van der Waals surface area contributed by atoms with Crippen LogP contribution < -0.4 is 4.33 Å². The maximum atomic E-state index is 13.5. The molecule has 0 saturated carbocycles. The van der Waals surface area contributed by atoms with Crippen LogP contribution in [0, 0.1) is 23.3 Å². The molecule has 0 saturated heterocycles. The number of amidine groups is 1. The molecule has 0 N–H and O–H groups in total. The van der Waals surface area contributed by atoms with Gasteiger partial charge in [0.1, 0.15) is 0 Å². The monoisotopic (exact) mass is 417 g/mol. The van der Waals surface area contributed by atoms with E-state index in [4.69, 9.17) is 0 Å². The molecule has 0 amide bonds. The molecule has 2 rings (SSSR count). The van der Waals surface area contributed by atoms with Crippen molar-refractivity contribution < 1.29 is 30.7 Å². The van der Waals surface area contributed by atoms with Gasteiger partial charge < -0.3 is 0 Å². The molecule has 2 nitrogen and oxygen atoms in total. The van der Waals surface area contributed by atoms with E-state index in [-0.39, 0.29) is 0 Å². The van der Waals surface area contributed by atoms with Crippen molar-refractivity contribution in [2.24, 2.45) is 4.01 Å². The third-order valence-corrected chi connectivity index (χ3v) is 5.58. The summed E-state index contributed by atoms with van der Waals surface area (Å²) in [6.45, 7) is 0. The second-order valence-corrected chi connectivity index (χ2v) is 7.80. The molecule has 1 aromatic rings. The van der Waals surface area contributed by atoms with Crippen LogP contribution >= 0.6 is 0 Å². The first kappa shape index (κ1) is 14.6. The van der Waals surface area contributed by atoms with Crippen molar-refractivity contribution in [3.63, 3.8) is 0 Å². The number of nitrogens with zero attached hydrogens (tertiary/aromatic N) is 2. The summed E-state index contributed by atoms with van der Waals surface area (Å²) in [6, 6.07) is 0. The van der Waals surface area contributed by atoms with Gasteiger partial charge in [-0.05, 0) is 0 Å². The van der Waals surface area contributed by atoms with Gasteiger partial charge in [-0.1, -0.05) is 0 Å². The van der Waals surface area contributed by atoms with Crippen molar-refractivity contribution in [1.29, 1.82) is 0 Å². The summed E-state index contributed by atoms with van der Waals surface area (Å²) in [7, 11) is 0. The SMILES string of the molecule is Fc1c(F)c(C(F)(F)F)c(F)c(F)c1C1=N[Se][Se][N]1. The molecule has 0 aromatic heterocycles. The Morgan fingerprint density at radius 1 is 0.789 bits per heavy atom. The number of rotatable bonds is 1. The molecule has 0 atom stereocenters. The van der Waals surface area contributed by atoms with Gasteiger partial charge in [0, 0.05) is 0 Å². The van der Waals surface area contributed by atoms with Crippen molar-refractivity contribution >= 4 is 32.5 Å². The zero-order valence-electron chi connectivity index (χ0n) is 8.36. The molecule has 0 fully saturated rings. The Hall–Kier alpha value is -0.761. The molecule has 0 aliphatic carbocycles. The molecule has 1 radical (unpaired) electrons. The summed E-state index contributed by atoms with van der Waals surface area (Å²) < 4.78 is 97.5. The van der Waals surface area contributed by atoms with Crippen LogP contribution in [0.5, 0.6) is 0 Å². The first-order valence-electron chi connectivity index (χ1n) is 4.30. The zero-order valence-corrected chi connectivity index (χ0v) is 11.8. The van der Waals surface area contributed by atoms with E-state index < -0.39 is 73.1 Å². The number of benzene rings is 1. The fourth-order valence-corrected chi connectivity index (χ4v) is 4.81. The molecule has 1 heterocycles. The molecule has 1 aliphatic heterocycles. The number of alkyl halides is 3. The van der Waals surface area contributed by atoms with E-state index >= 15 is 0 Å². The van der Waals surface area contributed by atoms with Crippen LogP contribution in [0.3, 0.4) is 0 Å². The van der Waals surface area contributed by atoms with E-state index in [9.17, 15) is 30.7 Å². The van der Waals surface area contributed by atoms with Gasteiger partial charge in [0.2, 0.25) is 0 Å². The van der Waals surface area contributed by atoms with Crippen molar-refractivity contribution in [2.45, 2.75) is 6.18 Å². The summed E-state index contributed by atoms with van der Waals surface area (Å²) in [6.07, 6.45) is -5.54. The number of halogens is 7. The topological polar surface area (TPSA) is 26.5 Å². The minimum atomic E-state index is -5.54. The first-order valence-corrected chi connectivity index (χ1v) is 10.2. The van der Waals surface area contributed by atoms with Crippen LogP contribution in [0.2, 0.25) is 0 Å². The quantitative estimate of drug-likeness (QED) is 0.380. The summed E-state index contributed by atoms with van der Waals surface area (Å²) in [5.41, 5.74) is -3.88. The number of hydrogen-bond acceptors (Lipinski definition) is 1. The Bertz CT molecular complexity index is 540. The third kappa shape index (κ3) is 2.47. The maximum absolute atomic E-state index is 13.5. The predicted molar refractivity (Wildman–Crippen MR) is 51.5 cm³/mol. The third-order valence-electron chi connectivity index (χ3n) is 2.05. The fourth-order valence-electron chi connectivity index (χ4n) is 1.29. The summed E-state index contributed by atoms with van der Waals surface area (Å²) in [5, 5.41) is 0. The molecule has 1 aliphatic rings. The van der Waals surface area contributed by atoms with Crippen LogP contribution in [-0.2, 0) is 6.18 Å². The van der Waals surface area contributed by atoms with E-state index in [0.29, 0.717) is 0 Å². The van der Waals surface area contributed by atoms with Crippen LogP contribution in [-0.4, -0.2) is 32.5 Å². The van der Waals surface area contributed by atoms with Gasteiger partial charge in [-0.25, -0.2) is 0 Å². The molecule has 11 heteroatoms. The Kier molecular flexibility index (Phi) is 3.83. The Morgan fingerprint density at radius 3 is 1.68 bits per heavy atom. The Morgan fingerprint density at radius 2 is 1.32 bits per heavy atom. The summed E-state index contributed by atoms with van der Waals surface area (Å²) in [5.74, 6) is -9.84. The summed E-state index contributed by atoms with van der Waals surface area (Å²) >= 11 is -0.840. The van der Waals surface area contributed by atoms with Gasteiger partial charge >= 0.3 is 112 Å². The normalized spacial score (nSPS) is 15.4. The van der Waals surface area contributed by atoms with Crippen molar-refractivity contribution in [3.05, 3.63) is 34.4 Å². The van der Waals surface area contributed by atoms with Gasteiger partial charge in [-0.2, -0.15) is 0 Å². The first-order chi connectivity index (χ1) is 8.75. The van der Waals surface area contributed by atoms with E-state index in [1.807, 2.05) is 0 Å². The molecule has 19 heavy (non-hydrogen) atoms.